The number of amides is 3. The van der Waals surface area contributed by atoms with Crippen molar-refractivity contribution in [1.82, 2.24) is 9.55 Å². The molecule has 1 fully saturated rings. The van der Waals surface area contributed by atoms with E-state index in [1.807, 2.05) is 13.8 Å². The van der Waals surface area contributed by atoms with Gasteiger partial charge in [-0.15, -0.1) is 0 Å². The second-order valence-corrected chi connectivity index (χ2v) is 13.7. The SMILES string of the molecule is CC(C)c1cc(N2C(=O)CN(c3cc(C(F)(F)F)cn(C)c3=O)C2=O)ccc1Oc1ccnc2cc(OCCCS(C)(=O)=O)ccc12. The molecule has 0 spiro atoms. The Morgan fingerprint density at radius 2 is 1.74 bits per heavy atom. The van der Waals surface area contributed by atoms with Crippen molar-refractivity contribution in [3.8, 4) is 17.2 Å². The summed E-state index contributed by atoms with van der Waals surface area (Å²) < 4.78 is 75.8. The van der Waals surface area contributed by atoms with Crippen LogP contribution in [0.3, 0.4) is 0 Å². The lowest BCUT2D eigenvalue weighted by molar-refractivity contribution is -0.138. The van der Waals surface area contributed by atoms with Gasteiger partial charge in [0.05, 0.1) is 29.1 Å². The Hall–Kier alpha value is -4.92. The summed E-state index contributed by atoms with van der Waals surface area (Å²) >= 11 is 0. The number of carbonyl (C=O) groups excluding carboxylic acids is 2. The fourth-order valence-electron chi connectivity index (χ4n) is 5.12. The van der Waals surface area contributed by atoms with Crippen molar-refractivity contribution in [3.63, 3.8) is 0 Å². The Morgan fingerprint density at radius 3 is 2.43 bits per heavy atom. The van der Waals surface area contributed by atoms with Gasteiger partial charge in [0.25, 0.3) is 11.5 Å². The first-order chi connectivity index (χ1) is 22.0. The van der Waals surface area contributed by atoms with E-state index in [9.17, 15) is 36.0 Å². The predicted molar refractivity (Wildman–Crippen MR) is 169 cm³/mol. The largest absolute Gasteiger partial charge is 0.493 e. The zero-order valence-corrected chi connectivity index (χ0v) is 26.7. The molecule has 0 radical (unpaired) electrons. The van der Waals surface area contributed by atoms with E-state index >= 15 is 0 Å². The van der Waals surface area contributed by atoms with E-state index in [-0.39, 0.29) is 24.0 Å². The van der Waals surface area contributed by atoms with Crippen molar-refractivity contribution in [3.05, 3.63) is 82.4 Å². The van der Waals surface area contributed by atoms with E-state index in [1.165, 1.54) is 12.3 Å². The molecule has 5 rings (SSSR count). The highest BCUT2D eigenvalue weighted by molar-refractivity contribution is 7.90. The summed E-state index contributed by atoms with van der Waals surface area (Å²) in [6.45, 7) is 3.37. The lowest BCUT2D eigenvalue weighted by atomic mass is 10.0. The van der Waals surface area contributed by atoms with Crippen LogP contribution in [0.1, 0.15) is 37.3 Å². The van der Waals surface area contributed by atoms with Gasteiger partial charge in [-0.25, -0.2) is 18.1 Å². The maximum absolute atomic E-state index is 13.5. The molecule has 0 saturated carbocycles. The molecule has 3 heterocycles. The summed E-state index contributed by atoms with van der Waals surface area (Å²) in [5, 5.41) is 0.665. The number of alkyl halides is 3. The minimum absolute atomic E-state index is 0.0158. The first-order valence-electron chi connectivity index (χ1n) is 14.5. The van der Waals surface area contributed by atoms with Crippen molar-refractivity contribution >= 4 is 44.1 Å². The molecule has 0 bridgehead atoms. The van der Waals surface area contributed by atoms with Crippen molar-refractivity contribution < 1.29 is 40.7 Å². The summed E-state index contributed by atoms with van der Waals surface area (Å²) in [6.07, 6.45) is -1.07. The highest BCUT2D eigenvalue weighted by atomic mass is 32.2. The third kappa shape index (κ3) is 7.24. The van der Waals surface area contributed by atoms with Crippen molar-refractivity contribution in [2.45, 2.75) is 32.4 Å². The number of benzene rings is 2. The molecule has 0 aliphatic carbocycles. The van der Waals surface area contributed by atoms with Crippen molar-refractivity contribution in [2.75, 3.05) is 35.0 Å². The topological polar surface area (TPSA) is 128 Å². The fraction of sp³-hybridized carbons (Fsp3) is 0.312. The van der Waals surface area contributed by atoms with Gasteiger partial charge in [-0.3, -0.25) is 19.5 Å². The van der Waals surface area contributed by atoms with Crippen LogP contribution in [0, 0.1) is 0 Å². The molecule has 1 saturated heterocycles. The number of nitrogens with zero attached hydrogens (tertiary/aromatic N) is 4. The number of urea groups is 1. The maximum atomic E-state index is 13.5. The second-order valence-electron chi connectivity index (χ2n) is 11.4. The number of pyridine rings is 2. The van der Waals surface area contributed by atoms with Crippen molar-refractivity contribution in [1.29, 1.82) is 0 Å². The molecular weight excluding hydrogens is 641 g/mol. The first kappa shape index (κ1) is 33.4. The van der Waals surface area contributed by atoms with E-state index < -0.39 is 51.3 Å². The highest BCUT2D eigenvalue weighted by Crippen LogP contribution is 2.38. The Balaban J connectivity index is 1.40. The van der Waals surface area contributed by atoms with Crippen LogP contribution in [0.2, 0.25) is 0 Å². The number of hydrogen-bond acceptors (Lipinski definition) is 8. The number of aryl methyl sites for hydroxylation is 1. The molecule has 2 aromatic heterocycles. The number of halogens is 3. The molecule has 4 aromatic rings. The number of carbonyl (C=O) groups is 2. The van der Waals surface area contributed by atoms with E-state index in [0.29, 0.717) is 52.4 Å². The lowest BCUT2D eigenvalue weighted by Gasteiger charge is -2.21. The van der Waals surface area contributed by atoms with Crippen LogP contribution in [0.25, 0.3) is 10.9 Å². The molecule has 1 aliphatic rings. The standard InChI is InChI=1S/C32H31F3N4O7S/c1-19(2)24-15-21(39-29(40)18-38(31(39)42)26-14-20(32(33,34)35)17-37(3)30(26)41)6-9-27(24)46-28-10-11-36-25-16-22(7-8-23(25)28)45-12-5-13-47(4,43)44/h6-11,14-17,19H,5,12-13,18H2,1-4H3. The van der Waals surface area contributed by atoms with Crippen LogP contribution < -0.4 is 24.8 Å². The van der Waals surface area contributed by atoms with Gasteiger partial charge < -0.3 is 14.0 Å². The fourth-order valence-corrected chi connectivity index (χ4v) is 5.76. The van der Waals surface area contributed by atoms with Crippen LogP contribution in [0.5, 0.6) is 17.2 Å². The van der Waals surface area contributed by atoms with E-state index in [1.54, 1.807) is 42.6 Å². The minimum atomic E-state index is -4.77. The van der Waals surface area contributed by atoms with Crippen LogP contribution >= 0.6 is 0 Å². The van der Waals surface area contributed by atoms with Gasteiger partial charge in [0.15, 0.2) is 0 Å². The smallest absolute Gasteiger partial charge is 0.417 e. The number of rotatable bonds is 10. The van der Waals surface area contributed by atoms with Crippen LogP contribution in [0.15, 0.2) is 65.7 Å². The number of fused-ring (bicyclic) bond motifs is 1. The molecular formula is C32H31F3N4O7S. The molecule has 248 valence electrons. The summed E-state index contributed by atoms with van der Waals surface area (Å²) in [7, 11) is -1.95. The Bertz CT molecular complexity index is 2040. The molecule has 47 heavy (non-hydrogen) atoms. The average molecular weight is 673 g/mol. The van der Waals surface area contributed by atoms with E-state index in [4.69, 9.17) is 9.47 Å². The number of sulfone groups is 1. The highest BCUT2D eigenvalue weighted by Gasteiger charge is 2.41. The third-order valence-electron chi connectivity index (χ3n) is 7.44. The number of anilines is 2. The van der Waals surface area contributed by atoms with E-state index in [2.05, 4.69) is 4.98 Å². The monoisotopic (exact) mass is 672 g/mol. The summed E-state index contributed by atoms with van der Waals surface area (Å²) in [5.74, 6) is 0.562. The van der Waals surface area contributed by atoms with Crippen LogP contribution in [-0.4, -0.2) is 55.1 Å². The summed E-state index contributed by atoms with van der Waals surface area (Å²) in [6, 6.07) is 11.1. The molecule has 15 heteroatoms. The molecule has 2 aromatic carbocycles. The third-order valence-corrected chi connectivity index (χ3v) is 8.47. The minimum Gasteiger partial charge on any atom is -0.493 e. The van der Waals surface area contributed by atoms with Gasteiger partial charge in [0.2, 0.25) is 0 Å². The van der Waals surface area contributed by atoms with Crippen LogP contribution in [-0.2, 0) is 27.9 Å². The zero-order valence-electron chi connectivity index (χ0n) is 25.9. The van der Waals surface area contributed by atoms with Gasteiger partial charge in [0.1, 0.15) is 39.3 Å². The lowest BCUT2D eigenvalue weighted by Crippen LogP contribution is -2.37. The molecule has 11 nitrogen and oxygen atoms in total. The number of aromatic nitrogens is 2. The van der Waals surface area contributed by atoms with E-state index in [0.717, 1.165) is 21.4 Å². The van der Waals surface area contributed by atoms with Crippen LogP contribution in [0.4, 0.5) is 29.3 Å². The number of ether oxygens (including phenoxy) is 2. The Morgan fingerprint density at radius 1 is 1.00 bits per heavy atom. The quantitative estimate of drug-likeness (QED) is 0.156. The van der Waals surface area contributed by atoms with Crippen molar-refractivity contribution in [2.24, 2.45) is 7.05 Å². The number of hydrogen-bond donors (Lipinski definition) is 0. The molecule has 0 N–H and O–H groups in total. The van der Waals surface area contributed by atoms with Gasteiger partial charge in [0, 0.05) is 37.1 Å². The van der Waals surface area contributed by atoms with Gasteiger partial charge in [-0.05, 0) is 60.4 Å². The summed E-state index contributed by atoms with van der Waals surface area (Å²) in [4.78, 5) is 45.2. The molecule has 3 amide bonds. The number of imide groups is 1. The predicted octanol–water partition coefficient (Wildman–Crippen LogP) is 5.65. The zero-order chi connectivity index (χ0) is 34.3. The molecule has 1 aliphatic heterocycles. The maximum Gasteiger partial charge on any atom is 0.417 e. The van der Waals surface area contributed by atoms with Gasteiger partial charge in [-0.2, -0.15) is 13.2 Å². The summed E-state index contributed by atoms with van der Waals surface area (Å²) in [5.41, 5.74) is -1.18. The molecule has 0 atom stereocenters. The van der Waals surface area contributed by atoms with Gasteiger partial charge in [-0.1, -0.05) is 13.8 Å². The normalized spacial score (nSPS) is 14.0. The molecule has 0 unspecified atom stereocenters. The Labute approximate surface area is 268 Å². The average Bonchev–Trinajstić information content (AvgIpc) is 3.28. The Kier molecular flexibility index (Phi) is 9.04. The second kappa shape index (κ2) is 12.7. The van der Waals surface area contributed by atoms with Gasteiger partial charge >= 0.3 is 12.2 Å². The first-order valence-corrected chi connectivity index (χ1v) is 16.5.